The van der Waals surface area contributed by atoms with Crippen LogP contribution in [0.4, 0.5) is 10.2 Å². The number of aliphatic hydroxyl groups is 3. The molecule has 2 aliphatic rings. The van der Waals surface area contributed by atoms with E-state index in [-0.39, 0.29) is 17.0 Å². The van der Waals surface area contributed by atoms with Gasteiger partial charge in [-0.3, -0.25) is 4.57 Å². The average molecular weight is 297 g/mol. The highest BCUT2D eigenvalue weighted by molar-refractivity contribution is 5.81. The van der Waals surface area contributed by atoms with E-state index in [1.54, 1.807) is 0 Å². The largest absolute Gasteiger partial charge is 0.387 e. The Balaban J connectivity index is 1.85. The fourth-order valence-electron chi connectivity index (χ4n) is 2.97. The fourth-order valence-corrected chi connectivity index (χ4v) is 2.97. The van der Waals surface area contributed by atoms with Crippen LogP contribution >= 0.6 is 0 Å². The van der Waals surface area contributed by atoms with Crippen molar-refractivity contribution >= 4 is 17.0 Å². The number of rotatable bonds is 2. The zero-order valence-corrected chi connectivity index (χ0v) is 10.6. The summed E-state index contributed by atoms with van der Waals surface area (Å²) in [5.41, 5.74) is 1.83. The second-order valence-electron chi connectivity index (χ2n) is 5.32. The number of hydrogen-bond donors (Lipinski definition) is 4. The molecule has 0 spiro atoms. The molecular formula is C11H12FN5O4. The number of ether oxygens (including phenoxy) is 1. The van der Waals surface area contributed by atoms with Crippen molar-refractivity contribution in [2.75, 3.05) is 12.4 Å². The normalized spacial score (nSPS) is 41.4. The van der Waals surface area contributed by atoms with Gasteiger partial charge in [0.1, 0.15) is 30.7 Å². The summed E-state index contributed by atoms with van der Waals surface area (Å²) in [4.78, 5) is 11.8. The number of aromatic nitrogens is 4. The van der Waals surface area contributed by atoms with Gasteiger partial charge in [0.25, 0.3) is 0 Å². The van der Waals surface area contributed by atoms with Crippen LogP contribution in [-0.4, -0.2) is 64.9 Å². The number of halogens is 1. The van der Waals surface area contributed by atoms with Crippen molar-refractivity contribution in [2.45, 2.75) is 29.6 Å². The Bertz CT molecular complexity index is 740. The highest BCUT2D eigenvalue weighted by Crippen LogP contribution is 2.59. The minimum Gasteiger partial charge on any atom is -0.387 e. The van der Waals surface area contributed by atoms with Gasteiger partial charge in [-0.25, -0.2) is 19.3 Å². The summed E-state index contributed by atoms with van der Waals surface area (Å²) in [7, 11) is 0. The number of hydrogen-bond acceptors (Lipinski definition) is 8. The van der Waals surface area contributed by atoms with E-state index in [1.807, 2.05) is 0 Å². The molecule has 2 aromatic heterocycles. The van der Waals surface area contributed by atoms with Crippen molar-refractivity contribution in [3.05, 3.63) is 12.7 Å². The topological polar surface area (TPSA) is 140 Å². The van der Waals surface area contributed by atoms with Gasteiger partial charge in [-0.05, 0) is 0 Å². The highest BCUT2D eigenvalue weighted by atomic mass is 19.1. The van der Waals surface area contributed by atoms with Gasteiger partial charge in [0.15, 0.2) is 28.9 Å². The predicted octanol–water partition coefficient (Wildman–Crippen LogP) is -1.89. The standard InChI is InChI=1S/C11H12FN5O4/c12-1-10(19)9(21-6-5(18)11(6,10)20)17-3-16-4-7(13)14-2-15-8(4)17/h2-3,5-6,9,18-20H,1H2,(H2,13,14,15)/t5?,6-,9-,10+,11-/m1/s1. The van der Waals surface area contributed by atoms with Gasteiger partial charge in [0, 0.05) is 0 Å². The van der Waals surface area contributed by atoms with E-state index in [2.05, 4.69) is 15.0 Å². The van der Waals surface area contributed by atoms with E-state index in [9.17, 15) is 19.7 Å². The van der Waals surface area contributed by atoms with Crippen LogP contribution in [0.15, 0.2) is 12.7 Å². The minimum atomic E-state index is -2.30. The number of aliphatic hydroxyl groups excluding tert-OH is 1. The van der Waals surface area contributed by atoms with Gasteiger partial charge >= 0.3 is 0 Å². The summed E-state index contributed by atoms with van der Waals surface area (Å²) in [6, 6.07) is 0. The molecule has 5 atom stereocenters. The molecule has 0 bridgehead atoms. The quantitative estimate of drug-likeness (QED) is 0.504. The summed E-state index contributed by atoms with van der Waals surface area (Å²) in [6.07, 6.45) is -1.20. The predicted molar refractivity (Wildman–Crippen MR) is 65.5 cm³/mol. The smallest absolute Gasteiger partial charge is 0.172 e. The van der Waals surface area contributed by atoms with E-state index in [0.29, 0.717) is 0 Å². The lowest BCUT2D eigenvalue weighted by Crippen LogP contribution is -2.52. The third-order valence-electron chi connectivity index (χ3n) is 4.28. The molecule has 0 amide bonds. The maximum atomic E-state index is 13.4. The lowest BCUT2D eigenvalue weighted by Gasteiger charge is -2.33. The number of nitrogens with zero attached hydrogens (tertiary/aromatic N) is 4. The monoisotopic (exact) mass is 297 g/mol. The van der Waals surface area contributed by atoms with Gasteiger partial charge in [-0.2, -0.15) is 0 Å². The molecule has 10 heteroatoms. The number of nitrogen functional groups attached to an aromatic ring is 1. The van der Waals surface area contributed by atoms with Crippen molar-refractivity contribution in [1.29, 1.82) is 0 Å². The van der Waals surface area contributed by atoms with Crippen molar-refractivity contribution in [3.63, 3.8) is 0 Å². The zero-order valence-electron chi connectivity index (χ0n) is 10.6. The summed E-state index contributed by atoms with van der Waals surface area (Å²) in [6.45, 7) is -1.30. The molecule has 0 aromatic carbocycles. The van der Waals surface area contributed by atoms with Gasteiger partial charge in [-0.15, -0.1) is 0 Å². The first kappa shape index (κ1) is 12.8. The van der Waals surface area contributed by atoms with E-state index in [4.69, 9.17) is 10.5 Å². The number of alkyl halides is 1. The van der Waals surface area contributed by atoms with Crippen LogP contribution in [-0.2, 0) is 4.74 Å². The van der Waals surface area contributed by atoms with Gasteiger partial charge < -0.3 is 25.8 Å². The van der Waals surface area contributed by atoms with Crippen LogP contribution in [0.25, 0.3) is 11.2 Å². The minimum absolute atomic E-state index is 0.129. The average Bonchev–Trinajstić information content (AvgIpc) is 2.82. The Morgan fingerprint density at radius 2 is 2.14 bits per heavy atom. The summed E-state index contributed by atoms with van der Waals surface area (Å²) >= 11 is 0. The Labute approximate surface area is 116 Å². The van der Waals surface area contributed by atoms with Crippen molar-refractivity contribution in [3.8, 4) is 0 Å². The number of nitrogens with two attached hydrogens (primary N) is 1. The van der Waals surface area contributed by atoms with E-state index in [1.165, 1.54) is 17.2 Å². The first-order chi connectivity index (χ1) is 9.95. The lowest BCUT2D eigenvalue weighted by atomic mass is 9.94. The summed E-state index contributed by atoms with van der Waals surface area (Å²) in [5, 5.41) is 30.2. The molecule has 2 fully saturated rings. The molecule has 3 heterocycles. The molecule has 1 unspecified atom stereocenters. The molecule has 112 valence electrons. The Morgan fingerprint density at radius 3 is 2.86 bits per heavy atom. The second-order valence-corrected chi connectivity index (χ2v) is 5.32. The lowest BCUT2D eigenvalue weighted by molar-refractivity contribution is -0.175. The second kappa shape index (κ2) is 3.65. The first-order valence-corrected chi connectivity index (χ1v) is 6.22. The number of fused-ring (bicyclic) bond motifs is 2. The van der Waals surface area contributed by atoms with E-state index < -0.39 is 36.3 Å². The molecule has 9 nitrogen and oxygen atoms in total. The molecule has 1 aliphatic carbocycles. The fraction of sp³-hybridized carbons (Fsp3) is 0.545. The van der Waals surface area contributed by atoms with Crippen molar-refractivity contribution in [1.82, 2.24) is 19.5 Å². The van der Waals surface area contributed by atoms with Crippen LogP contribution in [0.3, 0.4) is 0 Å². The van der Waals surface area contributed by atoms with E-state index >= 15 is 0 Å². The summed E-state index contributed by atoms with van der Waals surface area (Å²) in [5.74, 6) is 0.129. The molecule has 1 saturated carbocycles. The summed E-state index contributed by atoms with van der Waals surface area (Å²) < 4.78 is 20.1. The highest BCUT2D eigenvalue weighted by Gasteiger charge is 2.83. The molecular weight excluding hydrogens is 285 g/mol. The van der Waals surface area contributed by atoms with Gasteiger partial charge in [-0.1, -0.05) is 0 Å². The van der Waals surface area contributed by atoms with E-state index in [0.717, 1.165) is 0 Å². The maximum absolute atomic E-state index is 13.4. The number of imidazole rings is 1. The third kappa shape index (κ3) is 1.26. The van der Waals surface area contributed by atoms with Gasteiger partial charge in [0.05, 0.1) is 6.33 Å². The SMILES string of the molecule is Nc1ncnc2c1ncn2[C@@H]1O[C@@H]2C(O)[C@]2(O)[C@]1(O)CF. The van der Waals surface area contributed by atoms with Crippen LogP contribution in [0.2, 0.25) is 0 Å². The molecule has 4 rings (SSSR count). The first-order valence-electron chi connectivity index (χ1n) is 6.22. The van der Waals surface area contributed by atoms with Crippen LogP contribution in [0, 0.1) is 0 Å². The van der Waals surface area contributed by atoms with Crippen LogP contribution < -0.4 is 5.73 Å². The Hall–Kier alpha value is -1.88. The zero-order chi connectivity index (χ0) is 15.0. The molecule has 2 aromatic rings. The van der Waals surface area contributed by atoms with Crippen LogP contribution in [0.1, 0.15) is 6.23 Å². The molecule has 0 radical (unpaired) electrons. The molecule has 21 heavy (non-hydrogen) atoms. The maximum Gasteiger partial charge on any atom is 0.172 e. The molecule has 5 N–H and O–H groups in total. The Morgan fingerprint density at radius 1 is 1.38 bits per heavy atom. The third-order valence-corrected chi connectivity index (χ3v) is 4.28. The van der Waals surface area contributed by atoms with Crippen LogP contribution in [0.5, 0.6) is 0 Å². The molecule has 1 aliphatic heterocycles. The molecule has 1 saturated heterocycles. The number of anilines is 1. The Kier molecular flexibility index (Phi) is 2.23. The van der Waals surface area contributed by atoms with Crippen molar-refractivity contribution < 1.29 is 24.4 Å². The van der Waals surface area contributed by atoms with Gasteiger partial charge in [0.2, 0.25) is 0 Å². The van der Waals surface area contributed by atoms with Crippen molar-refractivity contribution in [2.24, 2.45) is 0 Å².